The Morgan fingerprint density at radius 1 is 1.07 bits per heavy atom. The molecule has 0 bridgehead atoms. The van der Waals surface area contributed by atoms with E-state index in [2.05, 4.69) is 71.8 Å². The fourth-order valence-electron chi connectivity index (χ4n) is 4.74. The third-order valence-electron chi connectivity index (χ3n) is 6.12. The second kappa shape index (κ2) is 6.78. The van der Waals surface area contributed by atoms with Gasteiger partial charge in [0.25, 0.3) is 0 Å². The number of aromatic nitrogens is 3. The lowest BCUT2D eigenvalue weighted by atomic mass is 9.88. The molecule has 1 fully saturated rings. The highest BCUT2D eigenvalue weighted by molar-refractivity contribution is 5.92. The molecule has 0 radical (unpaired) electrons. The summed E-state index contributed by atoms with van der Waals surface area (Å²) in [6.45, 7) is 8.89. The maximum Gasteiger partial charge on any atom is 0.0671 e. The number of benzene rings is 1. The average Bonchev–Trinajstić information content (AvgIpc) is 3.26. The van der Waals surface area contributed by atoms with E-state index in [1.807, 2.05) is 11.4 Å². The molecule has 4 heteroatoms. The predicted molar refractivity (Wildman–Crippen MR) is 116 cm³/mol. The largest absolute Gasteiger partial charge is 0.354 e. The molecule has 1 aliphatic rings. The van der Waals surface area contributed by atoms with Crippen molar-refractivity contribution in [1.82, 2.24) is 19.9 Å². The number of hydrogen-bond donors (Lipinski definition) is 2. The molecule has 3 aromatic heterocycles. The molecule has 0 amide bonds. The summed E-state index contributed by atoms with van der Waals surface area (Å²) in [6.07, 6.45) is 4.53. The highest BCUT2D eigenvalue weighted by Crippen LogP contribution is 2.38. The Labute approximate surface area is 166 Å². The maximum atomic E-state index is 4.51. The van der Waals surface area contributed by atoms with Crippen LogP contribution in [-0.2, 0) is 0 Å². The molecular weight excluding hydrogens is 344 g/mol. The molecule has 0 spiro atoms. The van der Waals surface area contributed by atoms with Gasteiger partial charge in [-0.2, -0.15) is 5.10 Å². The summed E-state index contributed by atoms with van der Waals surface area (Å²) in [5.41, 5.74) is 8.81. The molecule has 2 N–H and O–H groups in total. The monoisotopic (exact) mass is 372 g/mol. The smallest absolute Gasteiger partial charge is 0.0671 e. The summed E-state index contributed by atoms with van der Waals surface area (Å²) in [4.78, 5) is 3.72. The standard InChI is InChI=1S/C24H28N4/c1-15(2)23-21-14-18(17-6-9-25-10-7-17)4-5-22(21)26-24(23)19-8-11-28-20(13-19)12-16(3)27-28/h4-5,8,11-15,17,25-26H,6-7,9-10H2,1-3H3. The number of nitrogens with one attached hydrogen (secondary N) is 2. The zero-order valence-electron chi connectivity index (χ0n) is 16.9. The van der Waals surface area contributed by atoms with Crippen molar-refractivity contribution >= 4 is 16.4 Å². The van der Waals surface area contributed by atoms with Crippen LogP contribution in [0.5, 0.6) is 0 Å². The summed E-state index contributed by atoms with van der Waals surface area (Å²) in [6, 6.07) is 13.6. The second-order valence-corrected chi connectivity index (χ2v) is 8.47. The summed E-state index contributed by atoms with van der Waals surface area (Å²) < 4.78 is 1.95. The SMILES string of the molecule is Cc1cc2cc(-c3[nH]c4ccc(C5CCNCC5)cc4c3C(C)C)ccn2n1. The first-order chi connectivity index (χ1) is 13.6. The molecule has 4 aromatic rings. The Morgan fingerprint density at radius 3 is 2.68 bits per heavy atom. The topological polar surface area (TPSA) is 45.1 Å². The normalized spacial score (nSPS) is 15.9. The van der Waals surface area contributed by atoms with Gasteiger partial charge in [-0.25, -0.2) is 4.52 Å². The van der Waals surface area contributed by atoms with Crippen LogP contribution in [0.4, 0.5) is 0 Å². The van der Waals surface area contributed by atoms with E-state index in [-0.39, 0.29) is 0 Å². The van der Waals surface area contributed by atoms with Gasteiger partial charge in [-0.1, -0.05) is 19.9 Å². The number of aromatic amines is 1. The Hall–Kier alpha value is -2.59. The zero-order valence-corrected chi connectivity index (χ0v) is 16.9. The van der Waals surface area contributed by atoms with Gasteiger partial charge in [-0.3, -0.25) is 0 Å². The van der Waals surface area contributed by atoms with E-state index in [4.69, 9.17) is 0 Å². The molecule has 5 rings (SSSR count). The van der Waals surface area contributed by atoms with Gasteiger partial charge in [0.2, 0.25) is 0 Å². The van der Waals surface area contributed by atoms with Crippen molar-refractivity contribution in [2.45, 2.75) is 45.4 Å². The molecule has 0 unspecified atom stereocenters. The van der Waals surface area contributed by atoms with Crippen molar-refractivity contribution in [1.29, 1.82) is 0 Å². The molecule has 1 aliphatic heterocycles. The first-order valence-corrected chi connectivity index (χ1v) is 10.4. The van der Waals surface area contributed by atoms with Gasteiger partial charge < -0.3 is 10.3 Å². The van der Waals surface area contributed by atoms with Crippen LogP contribution in [0.25, 0.3) is 27.7 Å². The minimum atomic E-state index is 0.454. The lowest BCUT2D eigenvalue weighted by Crippen LogP contribution is -2.26. The zero-order chi connectivity index (χ0) is 19.3. The minimum absolute atomic E-state index is 0.454. The van der Waals surface area contributed by atoms with Gasteiger partial charge in [0, 0.05) is 22.7 Å². The van der Waals surface area contributed by atoms with Crippen LogP contribution < -0.4 is 5.32 Å². The van der Waals surface area contributed by atoms with E-state index < -0.39 is 0 Å². The minimum Gasteiger partial charge on any atom is -0.354 e. The van der Waals surface area contributed by atoms with Crippen LogP contribution >= 0.6 is 0 Å². The molecule has 28 heavy (non-hydrogen) atoms. The molecule has 0 saturated carbocycles. The molecule has 4 nitrogen and oxygen atoms in total. The Kier molecular flexibility index (Phi) is 4.24. The Morgan fingerprint density at radius 2 is 1.89 bits per heavy atom. The van der Waals surface area contributed by atoms with E-state index in [0.29, 0.717) is 11.8 Å². The summed E-state index contributed by atoms with van der Waals surface area (Å²) in [5.74, 6) is 1.13. The molecular formula is C24H28N4. The quantitative estimate of drug-likeness (QED) is 0.507. The first kappa shape index (κ1) is 17.5. The lowest BCUT2D eigenvalue weighted by molar-refractivity contribution is 0.460. The molecule has 0 aliphatic carbocycles. The number of fused-ring (bicyclic) bond motifs is 2. The number of aryl methyl sites for hydroxylation is 1. The maximum absolute atomic E-state index is 4.51. The number of piperidine rings is 1. The molecule has 0 atom stereocenters. The van der Waals surface area contributed by atoms with E-state index in [0.717, 1.165) is 24.3 Å². The van der Waals surface area contributed by atoms with Gasteiger partial charge in [0.05, 0.1) is 16.9 Å². The predicted octanol–water partition coefficient (Wildman–Crippen LogP) is 5.38. The molecule has 144 valence electrons. The van der Waals surface area contributed by atoms with Crippen molar-refractivity contribution < 1.29 is 0 Å². The van der Waals surface area contributed by atoms with Crippen molar-refractivity contribution in [2.75, 3.05) is 13.1 Å². The summed E-state index contributed by atoms with van der Waals surface area (Å²) in [7, 11) is 0. The van der Waals surface area contributed by atoms with Gasteiger partial charge in [0.15, 0.2) is 0 Å². The van der Waals surface area contributed by atoms with Crippen molar-refractivity contribution in [3.8, 4) is 11.3 Å². The Balaban J connectivity index is 1.66. The molecule has 1 saturated heterocycles. The van der Waals surface area contributed by atoms with E-state index in [9.17, 15) is 0 Å². The number of pyridine rings is 1. The van der Waals surface area contributed by atoms with Crippen LogP contribution in [-0.4, -0.2) is 27.7 Å². The summed E-state index contributed by atoms with van der Waals surface area (Å²) >= 11 is 0. The van der Waals surface area contributed by atoms with Gasteiger partial charge in [-0.05, 0) is 86.1 Å². The fourth-order valence-corrected chi connectivity index (χ4v) is 4.74. The number of nitrogens with zero attached hydrogens (tertiary/aromatic N) is 2. The van der Waals surface area contributed by atoms with Crippen molar-refractivity contribution in [3.05, 3.63) is 59.4 Å². The van der Waals surface area contributed by atoms with E-state index >= 15 is 0 Å². The third-order valence-corrected chi connectivity index (χ3v) is 6.12. The molecule has 4 heterocycles. The Bertz CT molecular complexity index is 1140. The highest BCUT2D eigenvalue weighted by atomic mass is 15.2. The van der Waals surface area contributed by atoms with Gasteiger partial charge >= 0.3 is 0 Å². The first-order valence-electron chi connectivity index (χ1n) is 10.4. The molecule has 1 aromatic carbocycles. The highest BCUT2D eigenvalue weighted by Gasteiger charge is 2.20. The van der Waals surface area contributed by atoms with Crippen LogP contribution in [0.15, 0.2) is 42.6 Å². The van der Waals surface area contributed by atoms with Crippen LogP contribution in [0.1, 0.15) is 55.3 Å². The van der Waals surface area contributed by atoms with Crippen LogP contribution in [0, 0.1) is 6.92 Å². The average molecular weight is 373 g/mol. The van der Waals surface area contributed by atoms with Gasteiger partial charge in [0.1, 0.15) is 0 Å². The second-order valence-electron chi connectivity index (χ2n) is 8.47. The number of rotatable bonds is 3. The van der Waals surface area contributed by atoms with Crippen LogP contribution in [0.3, 0.4) is 0 Å². The number of H-pyrrole nitrogens is 1. The van der Waals surface area contributed by atoms with Gasteiger partial charge in [-0.15, -0.1) is 0 Å². The fraction of sp³-hybridized carbons (Fsp3) is 0.375. The van der Waals surface area contributed by atoms with E-state index in [1.165, 1.54) is 46.1 Å². The van der Waals surface area contributed by atoms with Crippen molar-refractivity contribution in [2.24, 2.45) is 0 Å². The third kappa shape index (κ3) is 2.92. The summed E-state index contributed by atoms with van der Waals surface area (Å²) in [5, 5.41) is 9.37. The van der Waals surface area contributed by atoms with Crippen LogP contribution in [0.2, 0.25) is 0 Å². The lowest BCUT2D eigenvalue weighted by Gasteiger charge is -2.23. The van der Waals surface area contributed by atoms with E-state index in [1.54, 1.807) is 0 Å². The van der Waals surface area contributed by atoms with Crippen molar-refractivity contribution in [3.63, 3.8) is 0 Å². The number of hydrogen-bond acceptors (Lipinski definition) is 2.